The van der Waals surface area contributed by atoms with E-state index in [1.165, 1.54) is 5.56 Å². The molecule has 0 aromatic heterocycles. The predicted molar refractivity (Wildman–Crippen MR) is 101 cm³/mol. The summed E-state index contributed by atoms with van der Waals surface area (Å²) >= 11 is 0. The molecule has 0 spiro atoms. The Labute approximate surface area is 152 Å². The number of carbonyl (C=O) groups is 1. The Morgan fingerprint density at radius 1 is 0.920 bits per heavy atom. The summed E-state index contributed by atoms with van der Waals surface area (Å²) in [4.78, 5) is 22.1. The summed E-state index contributed by atoms with van der Waals surface area (Å²) in [6.07, 6.45) is 0. The Morgan fingerprint density at radius 2 is 1.52 bits per heavy atom. The molecule has 2 fully saturated rings. The zero-order valence-electron chi connectivity index (χ0n) is 15.7. The maximum Gasteiger partial charge on any atom is 0.239 e. The van der Waals surface area contributed by atoms with Gasteiger partial charge in [0, 0.05) is 58.9 Å². The van der Waals surface area contributed by atoms with Crippen molar-refractivity contribution in [3.63, 3.8) is 0 Å². The Morgan fingerprint density at radius 3 is 2.12 bits per heavy atom. The molecule has 1 amide bonds. The van der Waals surface area contributed by atoms with E-state index in [0.717, 1.165) is 65.4 Å². The molecule has 25 heavy (non-hydrogen) atoms. The molecule has 5 heteroatoms. The molecule has 1 atom stereocenters. The van der Waals surface area contributed by atoms with Gasteiger partial charge in [0.15, 0.2) is 0 Å². The first-order valence-electron chi connectivity index (χ1n) is 9.69. The first kappa shape index (κ1) is 18.4. The van der Waals surface area contributed by atoms with Crippen LogP contribution >= 0.6 is 0 Å². The third kappa shape index (κ3) is 4.81. The van der Waals surface area contributed by atoms with Gasteiger partial charge in [-0.05, 0) is 19.0 Å². The molecule has 2 aliphatic heterocycles. The van der Waals surface area contributed by atoms with Crippen molar-refractivity contribution >= 4 is 5.91 Å². The minimum Gasteiger partial charge on any atom is -0.339 e. The number of likely N-dealkylation sites (N-methyl/N-ethyl adjacent to an activating group) is 1. The van der Waals surface area contributed by atoms with Gasteiger partial charge in [-0.1, -0.05) is 37.3 Å². The third-order valence-corrected chi connectivity index (χ3v) is 5.69. The maximum atomic E-state index is 12.8. The Hall–Kier alpha value is -1.43. The molecule has 138 valence electrons. The van der Waals surface area contributed by atoms with Crippen LogP contribution in [-0.2, 0) is 11.3 Å². The van der Waals surface area contributed by atoms with Crippen LogP contribution in [0.1, 0.15) is 19.4 Å². The average molecular weight is 345 g/mol. The molecule has 0 aliphatic carbocycles. The van der Waals surface area contributed by atoms with Crippen LogP contribution in [-0.4, -0.2) is 90.5 Å². The molecule has 5 nitrogen and oxygen atoms in total. The lowest BCUT2D eigenvalue weighted by Crippen LogP contribution is -2.57. The molecule has 0 radical (unpaired) electrons. The molecule has 1 aromatic rings. The zero-order chi connectivity index (χ0) is 17.6. The van der Waals surface area contributed by atoms with Crippen LogP contribution in [0.4, 0.5) is 0 Å². The van der Waals surface area contributed by atoms with Crippen LogP contribution in [0.25, 0.3) is 0 Å². The predicted octanol–water partition coefficient (Wildman–Crippen LogP) is 1.36. The van der Waals surface area contributed by atoms with Crippen molar-refractivity contribution in [2.45, 2.75) is 26.4 Å². The first-order valence-corrected chi connectivity index (χ1v) is 9.69. The lowest BCUT2D eigenvalue weighted by atomic mass is 10.1. The zero-order valence-corrected chi connectivity index (χ0v) is 15.7. The van der Waals surface area contributed by atoms with Crippen molar-refractivity contribution in [2.75, 3.05) is 58.9 Å². The van der Waals surface area contributed by atoms with E-state index < -0.39 is 0 Å². The van der Waals surface area contributed by atoms with E-state index >= 15 is 0 Å². The van der Waals surface area contributed by atoms with Crippen LogP contribution < -0.4 is 0 Å². The molecule has 1 aromatic carbocycles. The van der Waals surface area contributed by atoms with E-state index in [1.807, 2.05) is 0 Å². The molecule has 2 aliphatic rings. The maximum absolute atomic E-state index is 12.8. The Kier molecular flexibility index (Phi) is 6.45. The number of hydrogen-bond acceptors (Lipinski definition) is 4. The molecule has 0 N–H and O–H groups in total. The minimum atomic E-state index is 0.00653. The fourth-order valence-electron chi connectivity index (χ4n) is 3.86. The van der Waals surface area contributed by atoms with Gasteiger partial charge in [0.1, 0.15) is 0 Å². The summed E-state index contributed by atoms with van der Waals surface area (Å²) in [6.45, 7) is 14.2. The average Bonchev–Trinajstić information content (AvgIpc) is 2.68. The highest BCUT2D eigenvalue weighted by atomic mass is 16.2. The first-order chi connectivity index (χ1) is 12.2. The molecule has 0 saturated carbocycles. The minimum absolute atomic E-state index is 0.00653. The van der Waals surface area contributed by atoms with Crippen LogP contribution in [0, 0.1) is 0 Å². The Bertz CT molecular complexity index is 534. The fraction of sp³-hybridized carbons (Fsp3) is 0.650. The summed E-state index contributed by atoms with van der Waals surface area (Å²) in [5.41, 5.74) is 1.37. The largest absolute Gasteiger partial charge is 0.339 e. The van der Waals surface area contributed by atoms with Crippen LogP contribution in [0.5, 0.6) is 0 Å². The number of hydrogen-bond donors (Lipinski definition) is 0. The SMILES string of the molecule is CCN1CCN(C(=O)C(C)N2CCN(Cc3ccccc3)CC2)CC1. The topological polar surface area (TPSA) is 30.0 Å². The molecule has 2 saturated heterocycles. The quantitative estimate of drug-likeness (QED) is 0.807. The summed E-state index contributed by atoms with van der Waals surface area (Å²) in [5.74, 6) is 0.312. The van der Waals surface area contributed by atoms with E-state index in [4.69, 9.17) is 0 Å². The second kappa shape index (κ2) is 8.79. The van der Waals surface area contributed by atoms with Crippen molar-refractivity contribution in [3.8, 4) is 0 Å². The van der Waals surface area contributed by atoms with Crippen molar-refractivity contribution in [1.82, 2.24) is 19.6 Å². The Balaban J connectivity index is 1.45. The molecular formula is C20H32N4O. The standard InChI is InChI=1S/C20H32N4O/c1-3-21-9-15-24(16-10-21)20(25)18(2)23-13-11-22(12-14-23)17-19-7-5-4-6-8-19/h4-8,18H,3,9-17H2,1-2H3. The third-order valence-electron chi connectivity index (χ3n) is 5.69. The summed E-state index contributed by atoms with van der Waals surface area (Å²) in [6, 6.07) is 10.7. The number of carbonyl (C=O) groups excluding carboxylic acids is 1. The smallest absolute Gasteiger partial charge is 0.239 e. The van der Waals surface area contributed by atoms with Gasteiger partial charge in [-0.15, -0.1) is 0 Å². The number of rotatable bonds is 5. The summed E-state index contributed by atoms with van der Waals surface area (Å²) in [7, 11) is 0. The van der Waals surface area contributed by atoms with Gasteiger partial charge in [0.05, 0.1) is 6.04 Å². The van der Waals surface area contributed by atoms with E-state index in [2.05, 4.69) is 63.8 Å². The molecule has 2 heterocycles. The van der Waals surface area contributed by atoms with E-state index in [-0.39, 0.29) is 6.04 Å². The number of benzene rings is 1. The van der Waals surface area contributed by atoms with Gasteiger partial charge in [-0.25, -0.2) is 0 Å². The van der Waals surface area contributed by atoms with Gasteiger partial charge >= 0.3 is 0 Å². The highest BCUT2D eigenvalue weighted by Crippen LogP contribution is 2.13. The lowest BCUT2D eigenvalue weighted by molar-refractivity contribution is -0.138. The van der Waals surface area contributed by atoms with Gasteiger partial charge in [0.2, 0.25) is 5.91 Å². The monoisotopic (exact) mass is 344 g/mol. The van der Waals surface area contributed by atoms with Crippen molar-refractivity contribution < 1.29 is 4.79 Å². The molecule has 3 rings (SSSR count). The number of amides is 1. The summed E-state index contributed by atoms with van der Waals surface area (Å²) in [5, 5.41) is 0. The van der Waals surface area contributed by atoms with Crippen molar-refractivity contribution in [3.05, 3.63) is 35.9 Å². The number of nitrogens with zero attached hydrogens (tertiary/aromatic N) is 4. The second-order valence-corrected chi connectivity index (χ2v) is 7.23. The highest BCUT2D eigenvalue weighted by molar-refractivity contribution is 5.81. The van der Waals surface area contributed by atoms with Crippen molar-refractivity contribution in [2.24, 2.45) is 0 Å². The second-order valence-electron chi connectivity index (χ2n) is 7.23. The number of piperazine rings is 2. The van der Waals surface area contributed by atoms with E-state index in [0.29, 0.717) is 5.91 Å². The van der Waals surface area contributed by atoms with Gasteiger partial charge in [-0.2, -0.15) is 0 Å². The van der Waals surface area contributed by atoms with Crippen LogP contribution in [0.15, 0.2) is 30.3 Å². The normalized spacial score (nSPS) is 22.1. The summed E-state index contributed by atoms with van der Waals surface area (Å²) < 4.78 is 0. The van der Waals surface area contributed by atoms with Gasteiger partial charge in [-0.3, -0.25) is 14.6 Å². The van der Waals surface area contributed by atoms with Crippen molar-refractivity contribution in [1.29, 1.82) is 0 Å². The molecule has 1 unspecified atom stereocenters. The molecule has 0 bridgehead atoms. The van der Waals surface area contributed by atoms with Gasteiger partial charge < -0.3 is 9.80 Å². The van der Waals surface area contributed by atoms with E-state index in [1.54, 1.807) is 0 Å². The fourth-order valence-corrected chi connectivity index (χ4v) is 3.86. The lowest BCUT2D eigenvalue weighted by Gasteiger charge is -2.41. The highest BCUT2D eigenvalue weighted by Gasteiger charge is 2.30. The van der Waals surface area contributed by atoms with Crippen LogP contribution in [0.2, 0.25) is 0 Å². The van der Waals surface area contributed by atoms with Crippen LogP contribution in [0.3, 0.4) is 0 Å². The molecular weight excluding hydrogens is 312 g/mol. The van der Waals surface area contributed by atoms with E-state index in [9.17, 15) is 4.79 Å². The van der Waals surface area contributed by atoms with Gasteiger partial charge in [0.25, 0.3) is 0 Å².